The number of ether oxygens (including phenoxy) is 1. The number of hydrogen-bond donors (Lipinski definition) is 1. The predicted octanol–water partition coefficient (Wildman–Crippen LogP) is 1.25. The van der Waals surface area contributed by atoms with Crippen LogP contribution in [0.2, 0.25) is 0 Å². The molecule has 2 rings (SSSR count). The zero-order valence-electron chi connectivity index (χ0n) is 11.1. The Morgan fingerprint density at radius 2 is 2.00 bits per heavy atom. The van der Waals surface area contributed by atoms with Gasteiger partial charge in [-0.15, -0.1) is 10.2 Å². The van der Waals surface area contributed by atoms with Crippen LogP contribution in [0.1, 0.15) is 17.2 Å². The maximum Gasteiger partial charge on any atom is 0.146 e. The van der Waals surface area contributed by atoms with Gasteiger partial charge in [-0.05, 0) is 11.6 Å². The van der Waals surface area contributed by atoms with Crippen LogP contribution in [0, 0.1) is 11.6 Å². The minimum atomic E-state index is -0.602. The molecule has 0 spiro atoms. The number of rotatable bonds is 6. The van der Waals surface area contributed by atoms with E-state index in [1.54, 1.807) is 11.7 Å². The lowest BCUT2D eigenvalue weighted by molar-refractivity contribution is 0.185. The van der Waals surface area contributed by atoms with Gasteiger partial charge < -0.3 is 15.0 Å². The average molecular weight is 282 g/mol. The summed E-state index contributed by atoms with van der Waals surface area (Å²) in [5.74, 6) is -0.0112. The summed E-state index contributed by atoms with van der Waals surface area (Å²) in [6.07, 6.45) is 0.225. The molecule has 2 N–H and O–H groups in total. The lowest BCUT2D eigenvalue weighted by atomic mass is 10.1. The Hall–Kier alpha value is -1.86. The topological polar surface area (TPSA) is 66.0 Å². The van der Waals surface area contributed by atoms with E-state index in [-0.39, 0.29) is 13.0 Å². The van der Waals surface area contributed by atoms with Crippen LogP contribution in [0.4, 0.5) is 8.78 Å². The molecule has 1 heterocycles. The molecule has 0 amide bonds. The molecule has 0 atom stereocenters. The Balaban J connectivity index is 2.26. The van der Waals surface area contributed by atoms with Crippen molar-refractivity contribution in [2.45, 2.75) is 19.5 Å². The summed E-state index contributed by atoms with van der Waals surface area (Å²) in [6.45, 7) is 1.25. The highest BCUT2D eigenvalue weighted by Gasteiger charge is 2.13. The zero-order chi connectivity index (χ0) is 14.5. The molecule has 0 aliphatic rings. The Kier molecular flexibility index (Phi) is 4.75. The SMILES string of the molecule is COCCn1c(CN)nnc1Cc1ccc(F)cc1F. The van der Waals surface area contributed by atoms with Crippen molar-refractivity contribution >= 4 is 0 Å². The normalized spacial score (nSPS) is 11.0. The molecule has 0 saturated heterocycles. The van der Waals surface area contributed by atoms with E-state index in [4.69, 9.17) is 10.5 Å². The highest BCUT2D eigenvalue weighted by molar-refractivity contribution is 5.22. The van der Waals surface area contributed by atoms with E-state index in [0.29, 0.717) is 30.4 Å². The predicted molar refractivity (Wildman–Crippen MR) is 69.0 cm³/mol. The Labute approximate surface area is 115 Å². The van der Waals surface area contributed by atoms with E-state index in [1.165, 1.54) is 12.1 Å². The van der Waals surface area contributed by atoms with Gasteiger partial charge in [0.15, 0.2) is 0 Å². The first-order chi connectivity index (χ1) is 9.65. The molecule has 0 aliphatic heterocycles. The van der Waals surface area contributed by atoms with E-state index in [0.717, 1.165) is 6.07 Å². The van der Waals surface area contributed by atoms with Crippen molar-refractivity contribution in [2.24, 2.45) is 5.73 Å². The second-order valence-corrected chi connectivity index (χ2v) is 4.29. The van der Waals surface area contributed by atoms with E-state index >= 15 is 0 Å². The van der Waals surface area contributed by atoms with Crippen molar-refractivity contribution in [1.29, 1.82) is 0 Å². The molecule has 0 bridgehead atoms. The van der Waals surface area contributed by atoms with Crippen LogP contribution < -0.4 is 5.73 Å². The Bertz CT molecular complexity index is 586. The number of hydrogen-bond acceptors (Lipinski definition) is 4. The lowest BCUT2D eigenvalue weighted by Gasteiger charge is -2.09. The van der Waals surface area contributed by atoms with Crippen LogP contribution in [-0.2, 0) is 24.2 Å². The number of halogens is 2. The van der Waals surface area contributed by atoms with Crippen molar-refractivity contribution in [1.82, 2.24) is 14.8 Å². The number of benzene rings is 1. The standard InChI is InChI=1S/C13H16F2N4O/c1-20-5-4-19-12(17-18-13(19)8-16)6-9-2-3-10(14)7-11(9)15/h2-3,7H,4-6,8,16H2,1H3. The molecule has 108 valence electrons. The fourth-order valence-corrected chi connectivity index (χ4v) is 1.93. The zero-order valence-corrected chi connectivity index (χ0v) is 11.1. The summed E-state index contributed by atoms with van der Waals surface area (Å²) < 4.78 is 33.4. The van der Waals surface area contributed by atoms with Gasteiger partial charge in [0.2, 0.25) is 0 Å². The number of methoxy groups -OCH3 is 1. The fraction of sp³-hybridized carbons (Fsp3) is 0.385. The molecule has 5 nitrogen and oxygen atoms in total. The smallest absolute Gasteiger partial charge is 0.146 e. The maximum atomic E-state index is 13.7. The largest absolute Gasteiger partial charge is 0.383 e. The highest BCUT2D eigenvalue weighted by atomic mass is 19.1. The molecule has 7 heteroatoms. The molecule has 0 unspecified atom stereocenters. The molecule has 0 radical (unpaired) electrons. The van der Waals surface area contributed by atoms with Gasteiger partial charge in [0.05, 0.1) is 13.2 Å². The quantitative estimate of drug-likeness (QED) is 0.866. The van der Waals surface area contributed by atoms with Crippen LogP contribution in [0.15, 0.2) is 18.2 Å². The third-order valence-corrected chi connectivity index (χ3v) is 2.97. The molecule has 1 aromatic heterocycles. The van der Waals surface area contributed by atoms with Crippen molar-refractivity contribution in [3.63, 3.8) is 0 Å². The first-order valence-corrected chi connectivity index (χ1v) is 6.19. The van der Waals surface area contributed by atoms with E-state index in [9.17, 15) is 8.78 Å². The summed E-state index contributed by atoms with van der Waals surface area (Å²) in [6, 6.07) is 3.48. The number of aromatic nitrogens is 3. The van der Waals surface area contributed by atoms with Gasteiger partial charge in [0, 0.05) is 26.1 Å². The molecule has 0 saturated carbocycles. The molecule has 0 fully saturated rings. The van der Waals surface area contributed by atoms with Crippen molar-refractivity contribution < 1.29 is 13.5 Å². The van der Waals surface area contributed by atoms with Gasteiger partial charge in [-0.1, -0.05) is 6.07 Å². The minimum Gasteiger partial charge on any atom is -0.383 e. The highest BCUT2D eigenvalue weighted by Crippen LogP contribution is 2.14. The third-order valence-electron chi connectivity index (χ3n) is 2.97. The molecular weight excluding hydrogens is 266 g/mol. The third kappa shape index (κ3) is 3.17. The summed E-state index contributed by atoms with van der Waals surface area (Å²) in [5, 5.41) is 7.98. The average Bonchev–Trinajstić information content (AvgIpc) is 2.81. The molecule has 0 aliphatic carbocycles. The number of nitrogens with two attached hydrogens (primary N) is 1. The molecular formula is C13H16F2N4O. The molecule has 1 aromatic carbocycles. The summed E-state index contributed by atoms with van der Waals surface area (Å²) in [5.41, 5.74) is 5.95. The van der Waals surface area contributed by atoms with Crippen molar-refractivity contribution in [3.8, 4) is 0 Å². The van der Waals surface area contributed by atoms with Gasteiger partial charge in [0.25, 0.3) is 0 Å². The fourth-order valence-electron chi connectivity index (χ4n) is 1.93. The van der Waals surface area contributed by atoms with Crippen LogP contribution in [0.5, 0.6) is 0 Å². The molecule has 20 heavy (non-hydrogen) atoms. The number of nitrogens with zero attached hydrogens (tertiary/aromatic N) is 3. The summed E-state index contributed by atoms with van der Waals surface area (Å²) in [7, 11) is 1.59. The first-order valence-electron chi connectivity index (χ1n) is 6.19. The first kappa shape index (κ1) is 14.5. The second kappa shape index (κ2) is 6.53. The van der Waals surface area contributed by atoms with Gasteiger partial charge in [-0.25, -0.2) is 8.78 Å². The van der Waals surface area contributed by atoms with Gasteiger partial charge >= 0.3 is 0 Å². The van der Waals surface area contributed by atoms with E-state index in [1.807, 2.05) is 0 Å². The van der Waals surface area contributed by atoms with Crippen LogP contribution in [0.25, 0.3) is 0 Å². The second-order valence-electron chi connectivity index (χ2n) is 4.29. The van der Waals surface area contributed by atoms with Gasteiger partial charge in [-0.3, -0.25) is 0 Å². The van der Waals surface area contributed by atoms with Crippen molar-refractivity contribution in [2.75, 3.05) is 13.7 Å². The van der Waals surface area contributed by atoms with Crippen LogP contribution in [-0.4, -0.2) is 28.5 Å². The van der Waals surface area contributed by atoms with Crippen LogP contribution >= 0.6 is 0 Å². The summed E-state index contributed by atoms with van der Waals surface area (Å²) in [4.78, 5) is 0. The van der Waals surface area contributed by atoms with E-state index < -0.39 is 11.6 Å². The maximum absolute atomic E-state index is 13.7. The summed E-state index contributed by atoms with van der Waals surface area (Å²) >= 11 is 0. The molecule has 2 aromatic rings. The monoisotopic (exact) mass is 282 g/mol. The minimum absolute atomic E-state index is 0.225. The van der Waals surface area contributed by atoms with Gasteiger partial charge in [0.1, 0.15) is 23.3 Å². The van der Waals surface area contributed by atoms with Crippen molar-refractivity contribution in [3.05, 3.63) is 47.0 Å². The van der Waals surface area contributed by atoms with Gasteiger partial charge in [-0.2, -0.15) is 0 Å². The Morgan fingerprint density at radius 1 is 1.25 bits per heavy atom. The Morgan fingerprint density at radius 3 is 2.65 bits per heavy atom. The van der Waals surface area contributed by atoms with Crippen LogP contribution in [0.3, 0.4) is 0 Å². The lowest BCUT2D eigenvalue weighted by Crippen LogP contribution is -2.14. The van der Waals surface area contributed by atoms with E-state index in [2.05, 4.69) is 10.2 Å².